The lowest BCUT2D eigenvalue weighted by molar-refractivity contribution is -0.140. The highest BCUT2D eigenvalue weighted by Crippen LogP contribution is 2.06. The summed E-state index contributed by atoms with van der Waals surface area (Å²) in [5.74, 6) is -0.354. The predicted molar refractivity (Wildman–Crippen MR) is 73.8 cm³/mol. The second-order valence-electron chi connectivity index (χ2n) is 4.45. The molecule has 0 N–H and O–H groups in total. The van der Waals surface area contributed by atoms with Crippen LogP contribution in [0.4, 0.5) is 0 Å². The third-order valence-corrected chi connectivity index (χ3v) is 4.33. The van der Waals surface area contributed by atoms with Crippen molar-refractivity contribution in [1.29, 1.82) is 0 Å². The Bertz CT molecular complexity index is 272. The van der Waals surface area contributed by atoms with Gasteiger partial charge in [0.25, 0.3) is 0 Å². The van der Waals surface area contributed by atoms with Crippen LogP contribution in [0.15, 0.2) is 23.9 Å². The van der Waals surface area contributed by atoms with E-state index >= 15 is 0 Å². The second-order valence-corrected chi connectivity index (χ2v) is 7.57. The fourth-order valence-corrected chi connectivity index (χ4v) is 1.89. The van der Waals surface area contributed by atoms with Gasteiger partial charge < -0.3 is 9.47 Å². The molecule has 0 bridgehead atoms. The van der Waals surface area contributed by atoms with Crippen LogP contribution in [0.2, 0.25) is 13.1 Å². The van der Waals surface area contributed by atoms with Gasteiger partial charge in [-0.25, -0.2) is 4.79 Å². The summed E-state index contributed by atoms with van der Waals surface area (Å²) in [4.78, 5) is 11.0. The molecule has 0 aliphatic rings. The molecule has 3 nitrogen and oxygen atoms in total. The largest absolute Gasteiger partial charge is 0.460 e. The molecule has 0 aromatic rings. The Morgan fingerprint density at radius 3 is 2.35 bits per heavy atom. The maximum Gasteiger partial charge on any atom is 0.333 e. The summed E-state index contributed by atoms with van der Waals surface area (Å²) in [5, 5.41) is 1.39. The zero-order valence-corrected chi connectivity index (χ0v) is 12.4. The predicted octanol–water partition coefficient (Wildman–Crippen LogP) is 2.48. The molecule has 0 aromatic carbocycles. The number of rotatable bonds is 9. The van der Waals surface area contributed by atoms with Gasteiger partial charge in [0.15, 0.2) is 0 Å². The monoisotopic (exact) mass is 256 g/mol. The molecule has 0 heterocycles. The molecule has 0 atom stereocenters. The lowest BCUT2D eigenvalue weighted by Gasteiger charge is -2.08. The average molecular weight is 256 g/mol. The van der Waals surface area contributed by atoms with Gasteiger partial charge in [-0.05, 0) is 19.8 Å². The molecular formula is C13H24O3Si. The van der Waals surface area contributed by atoms with Crippen molar-refractivity contribution in [3.05, 3.63) is 23.9 Å². The van der Waals surface area contributed by atoms with E-state index in [1.54, 1.807) is 6.92 Å². The summed E-state index contributed by atoms with van der Waals surface area (Å²) in [7, 11) is -0.684. The Morgan fingerprint density at radius 2 is 1.82 bits per heavy atom. The first-order chi connectivity index (χ1) is 7.95. The highest BCUT2D eigenvalue weighted by molar-refractivity contribution is 6.63. The van der Waals surface area contributed by atoms with Gasteiger partial charge in [-0.3, -0.25) is 0 Å². The lowest BCUT2D eigenvalue weighted by Crippen LogP contribution is -2.11. The molecule has 0 radical (unpaired) electrons. The lowest BCUT2D eigenvalue weighted by atomic mass is 10.3. The van der Waals surface area contributed by atoms with Crippen molar-refractivity contribution in [1.82, 2.24) is 0 Å². The number of hydrogen-bond acceptors (Lipinski definition) is 3. The summed E-state index contributed by atoms with van der Waals surface area (Å²) in [6.07, 6.45) is 2.05. The molecule has 98 valence electrons. The van der Waals surface area contributed by atoms with Crippen LogP contribution in [0.5, 0.6) is 0 Å². The molecule has 0 amide bonds. The van der Waals surface area contributed by atoms with E-state index in [-0.39, 0.29) is 5.97 Å². The van der Waals surface area contributed by atoms with E-state index in [4.69, 9.17) is 9.47 Å². The Kier molecular flexibility index (Phi) is 8.72. The molecule has 0 saturated heterocycles. The molecule has 0 rings (SSSR count). The Morgan fingerprint density at radius 1 is 1.18 bits per heavy atom. The van der Waals surface area contributed by atoms with Crippen LogP contribution in [0.1, 0.15) is 19.8 Å². The maximum absolute atomic E-state index is 11.0. The average Bonchev–Trinajstić information content (AvgIpc) is 2.26. The number of ether oxygens (including phenoxy) is 2. The SMILES string of the molecule is C=C(C)C(=O)OCCOCCCC(=C)[SiH](C)C. The molecule has 4 heteroatoms. The zero-order valence-electron chi connectivity index (χ0n) is 11.3. The number of hydrogen-bond donors (Lipinski definition) is 0. The molecule has 0 aliphatic heterocycles. The minimum atomic E-state index is -0.684. The minimum absolute atomic E-state index is 0.297. The van der Waals surface area contributed by atoms with E-state index in [0.29, 0.717) is 25.4 Å². The van der Waals surface area contributed by atoms with E-state index in [1.807, 2.05) is 0 Å². The first-order valence-electron chi connectivity index (χ1n) is 6.03. The topological polar surface area (TPSA) is 35.5 Å². The summed E-state index contributed by atoms with van der Waals surface area (Å²) < 4.78 is 10.3. The van der Waals surface area contributed by atoms with Gasteiger partial charge in [-0.15, -0.1) is 6.58 Å². The molecule has 0 aliphatic carbocycles. The Labute approximate surface area is 106 Å². The van der Waals surface area contributed by atoms with E-state index in [1.165, 1.54) is 5.20 Å². The smallest absolute Gasteiger partial charge is 0.333 e. The third kappa shape index (κ3) is 8.89. The van der Waals surface area contributed by atoms with Crippen molar-refractivity contribution < 1.29 is 14.3 Å². The fraction of sp³-hybridized carbons (Fsp3) is 0.615. The van der Waals surface area contributed by atoms with Crippen LogP contribution in [0.3, 0.4) is 0 Å². The van der Waals surface area contributed by atoms with Crippen molar-refractivity contribution in [2.24, 2.45) is 0 Å². The second kappa shape index (κ2) is 9.19. The van der Waals surface area contributed by atoms with Crippen LogP contribution in [0, 0.1) is 0 Å². The molecule has 17 heavy (non-hydrogen) atoms. The molecule has 0 aromatic heterocycles. The highest BCUT2D eigenvalue weighted by Gasteiger charge is 2.03. The van der Waals surface area contributed by atoms with Gasteiger partial charge in [0, 0.05) is 12.2 Å². The first kappa shape index (κ1) is 16.1. The van der Waals surface area contributed by atoms with Crippen LogP contribution < -0.4 is 0 Å². The Hall–Kier alpha value is -0.873. The highest BCUT2D eigenvalue weighted by atomic mass is 28.3. The van der Waals surface area contributed by atoms with Gasteiger partial charge in [0.2, 0.25) is 0 Å². The zero-order chi connectivity index (χ0) is 13.3. The first-order valence-corrected chi connectivity index (χ1v) is 8.92. The van der Waals surface area contributed by atoms with Crippen LogP contribution in [0.25, 0.3) is 0 Å². The molecule has 0 fully saturated rings. The summed E-state index contributed by atoms with van der Waals surface area (Å²) in [6.45, 7) is 15.2. The fourth-order valence-electron chi connectivity index (χ4n) is 1.11. The van der Waals surface area contributed by atoms with Crippen molar-refractivity contribution >= 4 is 14.8 Å². The van der Waals surface area contributed by atoms with Crippen molar-refractivity contribution in [2.75, 3.05) is 19.8 Å². The van der Waals surface area contributed by atoms with Crippen molar-refractivity contribution in [3.8, 4) is 0 Å². The summed E-state index contributed by atoms with van der Waals surface area (Å²) in [5.41, 5.74) is 0.420. The number of esters is 1. The summed E-state index contributed by atoms with van der Waals surface area (Å²) in [6, 6.07) is 0. The van der Waals surface area contributed by atoms with Gasteiger partial charge in [-0.2, -0.15) is 0 Å². The van der Waals surface area contributed by atoms with Crippen molar-refractivity contribution in [2.45, 2.75) is 32.9 Å². The van der Waals surface area contributed by atoms with Gasteiger partial charge in [-0.1, -0.05) is 24.9 Å². The number of carbonyl (C=O) groups is 1. The van der Waals surface area contributed by atoms with Gasteiger partial charge >= 0.3 is 5.97 Å². The van der Waals surface area contributed by atoms with E-state index < -0.39 is 8.80 Å². The van der Waals surface area contributed by atoms with Gasteiger partial charge in [0.05, 0.1) is 15.4 Å². The quantitative estimate of drug-likeness (QED) is 0.275. The molecular weight excluding hydrogens is 232 g/mol. The summed E-state index contributed by atoms with van der Waals surface area (Å²) >= 11 is 0. The molecule has 0 saturated carbocycles. The Balaban J connectivity index is 3.33. The van der Waals surface area contributed by atoms with Crippen molar-refractivity contribution in [3.63, 3.8) is 0 Å². The van der Waals surface area contributed by atoms with Crippen LogP contribution in [-0.2, 0) is 14.3 Å². The number of allylic oxidation sites excluding steroid dienone is 1. The molecule has 0 unspecified atom stereocenters. The standard InChI is InChI=1S/C13H24O3Si/c1-11(2)13(14)16-10-9-15-8-6-7-12(3)17(4)5/h17H,1,3,6-10H2,2,4-5H3. The van der Waals surface area contributed by atoms with Gasteiger partial charge in [0.1, 0.15) is 6.61 Å². The minimum Gasteiger partial charge on any atom is -0.460 e. The van der Waals surface area contributed by atoms with E-state index in [2.05, 4.69) is 26.3 Å². The van der Waals surface area contributed by atoms with Crippen LogP contribution >= 0.6 is 0 Å². The van der Waals surface area contributed by atoms with E-state index in [0.717, 1.165) is 12.8 Å². The van der Waals surface area contributed by atoms with E-state index in [9.17, 15) is 4.79 Å². The third-order valence-electron chi connectivity index (χ3n) is 2.41. The maximum atomic E-state index is 11.0. The number of carbonyl (C=O) groups excluding carboxylic acids is 1. The van der Waals surface area contributed by atoms with Crippen LogP contribution in [-0.4, -0.2) is 34.6 Å². The normalized spacial score (nSPS) is 10.4. The molecule has 0 spiro atoms.